The number of benzene rings is 1. The monoisotopic (exact) mass is 333 g/mol. The summed E-state index contributed by atoms with van der Waals surface area (Å²) in [6.45, 7) is 2.71. The third kappa shape index (κ3) is 3.09. The number of aliphatic hydroxyl groups is 1. The summed E-state index contributed by atoms with van der Waals surface area (Å²) in [6, 6.07) is 7.67. The Kier molecular flexibility index (Phi) is 4.99. The standard InChI is InChI=1S/C19H27NO4/c1-3-24-18(21)20-13-12-19(22)11-5-4-6-16(19)17(20)14-7-9-15(23-2)10-8-14/h7-10,16-17,22H,3-6,11-13H2,1-2H3/t16-,17-,19-/m0/s1. The highest BCUT2D eigenvalue weighted by molar-refractivity contribution is 5.68. The fourth-order valence-electron chi connectivity index (χ4n) is 4.31. The molecule has 2 aliphatic rings. The number of nitrogens with zero attached hydrogens (tertiary/aromatic N) is 1. The zero-order chi connectivity index (χ0) is 17.2. The van der Waals surface area contributed by atoms with E-state index in [1.807, 2.05) is 31.2 Å². The van der Waals surface area contributed by atoms with Gasteiger partial charge in [0.15, 0.2) is 0 Å². The lowest BCUT2D eigenvalue weighted by Gasteiger charge is -2.52. The number of amides is 1. The number of rotatable bonds is 3. The van der Waals surface area contributed by atoms with Crippen molar-refractivity contribution in [3.63, 3.8) is 0 Å². The second-order valence-electron chi connectivity index (χ2n) is 6.82. The second-order valence-corrected chi connectivity index (χ2v) is 6.82. The van der Waals surface area contributed by atoms with Crippen molar-refractivity contribution < 1.29 is 19.4 Å². The number of fused-ring (bicyclic) bond motifs is 1. The maximum atomic E-state index is 12.5. The van der Waals surface area contributed by atoms with Crippen LogP contribution < -0.4 is 4.74 Å². The predicted molar refractivity (Wildman–Crippen MR) is 91.0 cm³/mol. The normalized spacial score (nSPS) is 29.7. The summed E-state index contributed by atoms with van der Waals surface area (Å²) in [6.07, 6.45) is 4.25. The minimum atomic E-state index is -0.675. The molecule has 132 valence electrons. The van der Waals surface area contributed by atoms with Gasteiger partial charge < -0.3 is 19.5 Å². The van der Waals surface area contributed by atoms with Gasteiger partial charge in [0, 0.05) is 12.5 Å². The number of hydrogen-bond acceptors (Lipinski definition) is 4. The zero-order valence-corrected chi connectivity index (χ0v) is 14.5. The van der Waals surface area contributed by atoms with E-state index in [0.717, 1.165) is 37.0 Å². The summed E-state index contributed by atoms with van der Waals surface area (Å²) in [5.74, 6) is 0.842. The first-order valence-electron chi connectivity index (χ1n) is 8.89. The Bertz CT molecular complexity index is 573. The van der Waals surface area contributed by atoms with Crippen molar-refractivity contribution in [2.45, 2.75) is 50.7 Å². The Morgan fingerprint density at radius 2 is 2.04 bits per heavy atom. The van der Waals surface area contributed by atoms with Crippen LogP contribution in [0.1, 0.15) is 50.6 Å². The van der Waals surface area contributed by atoms with E-state index >= 15 is 0 Å². The smallest absolute Gasteiger partial charge is 0.410 e. The average Bonchev–Trinajstić information content (AvgIpc) is 2.60. The Morgan fingerprint density at radius 1 is 1.29 bits per heavy atom. The highest BCUT2D eigenvalue weighted by atomic mass is 16.6. The van der Waals surface area contributed by atoms with Crippen LogP contribution in [0.3, 0.4) is 0 Å². The number of piperidine rings is 1. The van der Waals surface area contributed by atoms with Gasteiger partial charge in [0.2, 0.25) is 0 Å². The van der Waals surface area contributed by atoms with E-state index in [2.05, 4.69) is 0 Å². The molecule has 1 amide bonds. The van der Waals surface area contributed by atoms with Crippen LogP contribution in [0.4, 0.5) is 4.79 Å². The lowest BCUT2D eigenvalue weighted by molar-refractivity contribution is -0.118. The van der Waals surface area contributed by atoms with Gasteiger partial charge in [-0.1, -0.05) is 25.0 Å². The van der Waals surface area contributed by atoms with Gasteiger partial charge in [0.25, 0.3) is 0 Å². The molecular weight excluding hydrogens is 306 g/mol. The molecule has 1 aromatic rings. The van der Waals surface area contributed by atoms with Crippen LogP contribution in [0.5, 0.6) is 5.75 Å². The quantitative estimate of drug-likeness (QED) is 0.919. The molecule has 0 aromatic heterocycles. The van der Waals surface area contributed by atoms with Crippen molar-refractivity contribution in [2.24, 2.45) is 5.92 Å². The third-order valence-electron chi connectivity index (χ3n) is 5.53. The van der Waals surface area contributed by atoms with E-state index in [1.165, 1.54) is 0 Å². The van der Waals surface area contributed by atoms with Crippen molar-refractivity contribution >= 4 is 6.09 Å². The molecule has 0 radical (unpaired) electrons. The van der Waals surface area contributed by atoms with Gasteiger partial charge in [-0.05, 0) is 43.9 Å². The number of hydrogen-bond donors (Lipinski definition) is 1. The zero-order valence-electron chi connectivity index (χ0n) is 14.5. The lowest BCUT2D eigenvalue weighted by Crippen LogP contribution is -2.56. The molecule has 1 aromatic carbocycles. The van der Waals surface area contributed by atoms with Crippen molar-refractivity contribution in [3.8, 4) is 5.75 Å². The summed E-state index contributed by atoms with van der Waals surface area (Å²) in [4.78, 5) is 14.3. The van der Waals surface area contributed by atoms with Gasteiger partial charge in [0.05, 0.1) is 25.4 Å². The van der Waals surface area contributed by atoms with Crippen LogP contribution in [0.25, 0.3) is 0 Å². The molecule has 5 nitrogen and oxygen atoms in total. The van der Waals surface area contributed by atoms with Crippen LogP contribution in [0.15, 0.2) is 24.3 Å². The molecule has 1 aliphatic carbocycles. The summed E-state index contributed by atoms with van der Waals surface area (Å²) < 4.78 is 10.5. The third-order valence-corrected chi connectivity index (χ3v) is 5.53. The van der Waals surface area contributed by atoms with E-state index in [4.69, 9.17) is 9.47 Å². The second kappa shape index (κ2) is 7.01. The van der Waals surface area contributed by atoms with Crippen LogP contribution >= 0.6 is 0 Å². The van der Waals surface area contributed by atoms with E-state index in [9.17, 15) is 9.90 Å². The molecule has 1 saturated carbocycles. The Hall–Kier alpha value is -1.75. The Labute approximate surface area is 143 Å². The first-order chi connectivity index (χ1) is 11.6. The molecule has 24 heavy (non-hydrogen) atoms. The number of carbonyl (C=O) groups excluding carboxylic acids is 1. The highest BCUT2D eigenvalue weighted by Crippen LogP contribution is 2.49. The SMILES string of the molecule is CCOC(=O)N1CC[C@@]2(O)CCCC[C@H]2[C@@H]1c1ccc(OC)cc1. The fraction of sp³-hybridized carbons (Fsp3) is 0.632. The highest BCUT2D eigenvalue weighted by Gasteiger charge is 2.50. The first-order valence-corrected chi connectivity index (χ1v) is 8.89. The number of likely N-dealkylation sites (tertiary alicyclic amines) is 1. The minimum absolute atomic E-state index is 0.0535. The number of methoxy groups -OCH3 is 1. The largest absolute Gasteiger partial charge is 0.497 e. The summed E-state index contributed by atoms with van der Waals surface area (Å²) in [7, 11) is 1.64. The summed E-state index contributed by atoms with van der Waals surface area (Å²) in [5.41, 5.74) is 0.361. The summed E-state index contributed by atoms with van der Waals surface area (Å²) in [5, 5.41) is 11.1. The molecule has 0 unspecified atom stereocenters. The molecule has 1 N–H and O–H groups in total. The van der Waals surface area contributed by atoms with Gasteiger partial charge in [-0.15, -0.1) is 0 Å². The van der Waals surface area contributed by atoms with Gasteiger partial charge >= 0.3 is 6.09 Å². The molecule has 2 fully saturated rings. The maximum absolute atomic E-state index is 12.5. The van der Waals surface area contributed by atoms with Gasteiger partial charge in [-0.3, -0.25) is 0 Å². The van der Waals surface area contributed by atoms with Crippen molar-refractivity contribution in [3.05, 3.63) is 29.8 Å². The van der Waals surface area contributed by atoms with Gasteiger partial charge in [0.1, 0.15) is 5.75 Å². The van der Waals surface area contributed by atoms with Crippen molar-refractivity contribution in [2.75, 3.05) is 20.3 Å². The maximum Gasteiger partial charge on any atom is 0.410 e. The molecule has 1 heterocycles. The Morgan fingerprint density at radius 3 is 2.71 bits per heavy atom. The van der Waals surface area contributed by atoms with Crippen LogP contribution in [0.2, 0.25) is 0 Å². The average molecular weight is 333 g/mol. The molecule has 5 heteroatoms. The molecule has 0 spiro atoms. The molecular formula is C19H27NO4. The van der Waals surface area contributed by atoms with Crippen molar-refractivity contribution in [1.29, 1.82) is 0 Å². The number of ether oxygens (including phenoxy) is 2. The molecule has 1 saturated heterocycles. The van der Waals surface area contributed by atoms with Gasteiger partial charge in [-0.25, -0.2) is 4.79 Å². The number of carbonyl (C=O) groups is 1. The molecule has 1 aliphatic heterocycles. The predicted octanol–water partition coefficient (Wildman–Crippen LogP) is 3.52. The topological polar surface area (TPSA) is 59.0 Å². The van der Waals surface area contributed by atoms with Gasteiger partial charge in [-0.2, -0.15) is 0 Å². The fourth-order valence-corrected chi connectivity index (χ4v) is 4.31. The van der Waals surface area contributed by atoms with Crippen LogP contribution in [-0.4, -0.2) is 42.0 Å². The van der Waals surface area contributed by atoms with E-state index in [0.29, 0.717) is 19.6 Å². The first kappa shape index (κ1) is 17.1. The van der Waals surface area contributed by atoms with E-state index < -0.39 is 5.60 Å². The Balaban J connectivity index is 1.96. The van der Waals surface area contributed by atoms with Crippen LogP contribution in [-0.2, 0) is 4.74 Å². The van der Waals surface area contributed by atoms with E-state index in [1.54, 1.807) is 12.0 Å². The molecule has 3 rings (SSSR count). The lowest BCUT2D eigenvalue weighted by atomic mass is 9.66. The molecule has 0 bridgehead atoms. The van der Waals surface area contributed by atoms with E-state index in [-0.39, 0.29) is 18.1 Å². The van der Waals surface area contributed by atoms with Crippen molar-refractivity contribution in [1.82, 2.24) is 4.90 Å². The van der Waals surface area contributed by atoms with Crippen LogP contribution in [0, 0.1) is 5.92 Å². The minimum Gasteiger partial charge on any atom is -0.497 e. The molecule has 3 atom stereocenters. The summed E-state index contributed by atoms with van der Waals surface area (Å²) >= 11 is 0.